The molecule has 0 aliphatic carbocycles. The Labute approximate surface area is 118 Å². The van der Waals surface area contributed by atoms with E-state index in [1.54, 1.807) is 0 Å². The molecule has 2 heterocycles. The minimum Gasteiger partial charge on any atom is -0.350 e. The predicted molar refractivity (Wildman–Crippen MR) is 75.7 cm³/mol. The number of aromatic nitrogens is 1. The number of carbonyl (C=O) groups is 2. The number of fused-ring (bicyclic) bond motifs is 1. The number of halogens is 1. The minimum absolute atomic E-state index is 0.180. The van der Waals surface area contributed by atoms with Crippen LogP contribution in [-0.2, 0) is 16.6 Å². The fourth-order valence-electron chi connectivity index (χ4n) is 2.62. The van der Waals surface area contributed by atoms with Crippen LogP contribution in [0.25, 0.3) is 10.9 Å². The Bertz CT molecular complexity index is 690. The van der Waals surface area contributed by atoms with Crippen LogP contribution in [0.3, 0.4) is 0 Å². The Morgan fingerprint density at radius 1 is 1.37 bits per heavy atom. The van der Waals surface area contributed by atoms with Crippen LogP contribution in [0.4, 0.5) is 0 Å². The molecular weight excluding hydrogens is 308 g/mol. The molecule has 0 saturated carbocycles. The van der Waals surface area contributed by atoms with Crippen molar-refractivity contribution in [3.8, 4) is 0 Å². The molecule has 1 aliphatic rings. The summed E-state index contributed by atoms with van der Waals surface area (Å²) in [7, 11) is 1.98. The first-order valence-electron chi connectivity index (χ1n) is 6.14. The normalized spacial score (nSPS) is 19.8. The van der Waals surface area contributed by atoms with Crippen LogP contribution >= 0.6 is 15.9 Å². The van der Waals surface area contributed by atoms with Crippen LogP contribution < -0.4 is 5.32 Å². The average molecular weight is 321 g/mol. The van der Waals surface area contributed by atoms with Crippen LogP contribution in [0.15, 0.2) is 28.9 Å². The van der Waals surface area contributed by atoms with Gasteiger partial charge < -0.3 is 4.57 Å². The zero-order chi connectivity index (χ0) is 13.6. The average Bonchev–Trinajstić information content (AvgIpc) is 2.71. The predicted octanol–water partition coefficient (Wildman–Crippen LogP) is 2.46. The lowest BCUT2D eigenvalue weighted by Crippen LogP contribution is -2.39. The van der Waals surface area contributed by atoms with E-state index in [0.29, 0.717) is 12.8 Å². The maximum absolute atomic E-state index is 11.9. The Morgan fingerprint density at radius 2 is 2.16 bits per heavy atom. The van der Waals surface area contributed by atoms with E-state index in [1.807, 2.05) is 36.0 Å². The van der Waals surface area contributed by atoms with Crippen LogP contribution in [0, 0.1) is 0 Å². The van der Waals surface area contributed by atoms with E-state index >= 15 is 0 Å². The lowest BCUT2D eigenvalue weighted by atomic mass is 9.90. The Hall–Kier alpha value is -1.62. The molecule has 1 N–H and O–H groups in total. The van der Waals surface area contributed by atoms with Gasteiger partial charge in [0, 0.05) is 29.5 Å². The van der Waals surface area contributed by atoms with Crippen molar-refractivity contribution in [2.75, 3.05) is 0 Å². The van der Waals surface area contributed by atoms with Crippen LogP contribution in [-0.4, -0.2) is 16.4 Å². The highest BCUT2D eigenvalue weighted by molar-refractivity contribution is 9.10. The molecule has 1 unspecified atom stereocenters. The summed E-state index contributed by atoms with van der Waals surface area (Å²) in [6, 6.07) is 6.03. The summed E-state index contributed by atoms with van der Waals surface area (Å²) in [5.41, 5.74) is 2.06. The fraction of sp³-hybridized carbons (Fsp3) is 0.286. The SMILES string of the molecule is Cn1ccc2cc(C3CCC(=O)NC3=O)cc(Br)c21. The molecule has 1 atom stereocenters. The molecule has 19 heavy (non-hydrogen) atoms. The number of nitrogens with zero attached hydrogens (tertiary/aromatic N) is 1. The lowest BCUT2D eigenvalue weighted by molar-refractivity contribution is -0.134. The van der Waals surface area contributed by atoms with Gasteiger partial charge in [-0.1, -0.05) is 0 Å². The number of carbonyl (C=O) groups excluding carboxylic acids is 2. The summed E-state index contributed by atoms with van der Waals surface area (Å²) >= 11 is 3.56. The summed E-state index contributed by atoms with van der Waals surface area (Å²) < 4.78 is 3.01. The lowest BCUT2D eigenvalue weighted by Gasteiger charge is -2.21. The number of amides is 2. The number of rotatable bonds is 1. The van der Waals surface area contributed by atoms with Crippen LogP contribution in [0.2, 0.25) is 0 Å². The third kappa shape index (κ3) is 2.08. The minimum atomic E-state index is -0.237. The number of benzene rings is 1. The zero-order valence-corrected chi connectivity index (χ0v) is 12.0. The number of hydrogen-bond donors (Lipinski definition) is 1. The molecular formula is C14H13BrN2O2. The number of aryl methyl sites for hydroxylation is 1. The number of hydrogen-bond acceptors (Lipinski definition) is 2. The molecule has 0 radical (unpaired) electrons. The highest BCUT2D eigenvalue weighted by Crippen LogP contribution is 2.32. The van der Waals surface area contributed by atoms with Gasteiger partial charge in [-0.3, -0.25) is 14.9 Å². The number of nitrogens with one attached hydrogen (secondary N) is 1. The number of piperidine rings is 1. The molecule has 2 amide bonds. The van der Waals surface area contributed by atoms with E-state index in [4.69, 9.17) is 0 Å². The quantitative estimate of drug-likeness (QED) is 0.821. The molecule has 5 heteroatoms. The third-order valence-electron chi connectivity index (χ3n) is 3.59. The summed E-state index contributed by atoms with van der Waals surface area (Å²) in [5, 5.41) is 3.50. The van der Waals surface area contributed by atoms with E-state index < -0.39 is 0 Å². The third-order valence-corrected chi connectivity index (χ3v) is 4.19. The highest BCUT2D eigenvalue weighted by Gasteiger charge is 2.28. The molecule has 0 bridgehead atoms. The summed E-state index contributed by atoms with van der Waals surface area (Å²) in [4.78, 5) is 23.1. The van der Waals surface area contributed by atoms with Gasteiger partial charge in [-0.2, -0.15) is 0 Å². The largest absolute Gasteiger partial charge is 0.350 e. The van der Waals surface area contributed by atoms with E-state index in [2.05, 4.69) is 21.2 Å². The van der Waals surface area contributed by atoms with Gasteiger partial charge in [0.2, 0.25) is 11.8 Å². The van der Waals surface area contributed by atoms with Gasteiger partial charge in [0.1, 0.15) is 0 Å². The summed E-state index contributed by atoms with van der Waals surface area (Å²) in [5.74, 6) is -0.613. The first-order chi connectivity index (χ1) is 9.06. The maximum atomic E-state index is 11.9. The molecule has 1 fully saturated rings. The van der Waals surface area contributed by atoms with Crippen molar-refractivity contribution in [3.05, 3.63) is 34.4 Å². The van der Waals surface area contributed by atoms with Crippen LogP contribution in [0.1, 0.15) is 24.3 Å². The van der Waals surface area contributed by atoms with Gasteiger partial charge in [-0.25, -0.2) is 0 Å². The monoisotopic (exact) mass is 320 g/mol. The van der Waals surface area contributed by atoms with E-state index in [1.165, 1.54) is 0 Å². The van der Waals surface area contributed by atoms with Crippen molar-refractivity contribution >= 4 is 38.6 Å². The van der Waals surface area contributed by atoms with Crippen molar-refractivity contribution in [1.82, 2.24) is 9.88 Å². The smallest absolute Gasteiger partial charge is 0.234 e. The molecule has 98 valence electrons. The van der Waals surface area contributed by atoms with E-state index in [0.717, 1.165) is 20.9 Å². The second-order valence-corrected chi connectivity index (χ2v) is 5.73. The Kier molecular flexibility index (Phi) is 2.93. The standard InChI is InChI=1S/C14H13BrN2O2/c1-17-5-4-8-6-9(7-11(15)13(8)17)10-2-3-12(18)16-14(10)19/h4-7,10H,2-3H2,1H3,(H,16,18,19). The Morgan fingerprint density at radius 3 is 2.89 bits per heavy atom. The molecule has 4 nitrogen and oxygen atoms in total. The fourth-order valence-corrected chi connectivity index (χ4v) is 3.39. The van der Waals surface area contributed by atoms with E-state index in [-0.39, 0.29) is 17.7 Å². The molecule has 2 aromatic rings. The van der Waals surface area contributed by atoms with Crippen molar-refractivity contribution in [2.24, 2.45) is 7.05 Å². The molecule has 1 aromatic heterocycles. The first kappa shape index (κ1) is 12.4. The summed E-state index contributed by atoms with van der Waals surface area (Å²) in [6.07, 6.45) is 2.97. The number of imide groups is 1. The molecule has 1 aromatic carbocycles. The van der Waals surface area contributed by atoms with Crippen molar-refractivity contribution in [3.63, 3.8) is 0 Å². The molecule has 1 aliphatic heterocycles. The van der Waals surface area contributed by atoms with Crippen molar-refractivity contribution < 1.29 is 9.59 Å². The van der Waals surface area contributed by atoms with Crippen LogP contribution in [0.5, 0.6) is 0 Å². The van der Waals surface area contributed by atoms with Gasteiger partial charge in [-0.05, 0) is 46.1 Å². The molecule has 3 rings (SSSR count). The highest BCUT2D eigenvalue weighted by atomic mass is 79.9. The van der Waals surface area contributed by atoms with E-state index in [9.17, 15) is 9.59 Å². The zero-order valence-electron chi connectivity index (χ0n) is 10.4. The second kappa shape index (κ2) is 4.49. The van der Waals surface area contributed by atoms with Crippen molar-refractivity contribution in [2.45, 2.75) is 18.8 Å². The maximum Gasteiger partial charge on any atom is 0.234 e. The van der Waals surface area contributed by atoms with Gasteiger partial charge in [0.15, 0.2) is 0 Å². The summed E-state index contributed by atoms with van der Waals surface area (Å²) in [6.45, 7) is 0. The Balaban J connectivity index is 2.06. The van der Waals surface area contributed by atoms with Crippen molar-refractivity contribution in [1.29, 1.82) is 0 Å². The van der Waals surface area contributed by atoms with Gasteiger partial charge in [0.25, 0.3) is 0 Å². The molecule has 1 saturated heterocycles. The van der Waals surface area contributed by atoms with Gasteiger partial charge >= 0.3 is 0 Å². The van der Waals surface area contributed by atoms with Gasteiger partial charge in [0.05, 0.1) is 11.4 Å². The molecule has 0 spiro atoms. The first-order valence-corrected chi connectivity index (χ1v) is 6.94. The topological polar surface area (TPSA) is 51.1 Å². The van der Waals surface area contributed by atoms with Gasteiger partial charge in [-0.15, -0.1) is 0 Å². The second-order valence-electron chi connectivity index (χ2n) is 4.87.